The summed E-state index contributed by atoms with van der Waals surface area (Å²) < 4.78 is 0. The number of hydrogen-bond donors (Lipinski definition) is 3. The molecule has 0 saturated heterocycles. The number of primary amides is 1. The van der Waals surface area contributed by atoms with Crippen LogP contribution < -0.4 is 10.6 Å². The van der Waals surface area contributed by atoms with Crippen LogP contribution in [-0.4, -0.2) is 47.3 Å². The van der Waals surface area contributed by atoms with E-state index < -0.39 is 10.8 Å². The monoisotopic (exact) mass is 269 g/mol. The summed E-state index contributed by atoms with van der Waals surface area (Å²) in [5, 5.41) is 28.9. The van der Waals surface area contributed by atoms with Crippen LogP contribution in [0.5, 0.6) is 0 Å². The molecular weight excluding hydrogens is 254 g/mol. The molecule has 1 aromatic rings. The average molecular weight is 269 g/mol. The molecular formula is C11H15N3O5. The highest BCUT2D eigenvalue weighted by Gasteiger charge is 2.20. The maximum absolute atomic E-state index is 11.0. The fourth-order valence-corrected chi connectivity index (χ4v) is 1.68. The molecule has 0 radical (unpaired) electrons. The molecule has 0 spiro atoms. The van der Waals surface area contributed by atoms with Gasteiger partial charge in [-0.1, -0.05) is 0 Å². The van der Waals surface area contributed by atoms with E-state index in [0.717, 1.165) is 6.07 Å². The van der Waals surface area contributed by atoms with Gasteiger partial charge in [0.05, 0.1) is 18.1 Å². The Morgan fingerprint density at radius 1 is 1.32 bits per heavy atom. The van der Waals surface area contributed by atoms with E-state index in [2.05, 4.69) is 0 Å². The molecule has 0 fully saturated rings. The molecule has 4 N–H and O–H groups in total. The Bertz CT molecular complexity index is 471. The van der Waals surface area contributed by atoms with Crippen molar-refractivity contribution in [1.82, 2.24) is 0 Å². The zero-order valence-corrected chi connectivity index (χ0v) is 10.2. The van der Waals surface area contributed by atoms with Crippen molar-refractivity contribution in [3.05, 3.63) is 33.9 Å². The molecule has 0 aromatic heterocycles. The van der Waals surface area contributed by atoms with E-state index in [1.54, 1.807) is 0 Å². The van der Waals surface area contributed by atoms with Crippen molar-refractivity contribution in [2.24, 2.45) is 5.73 Å². The minimum absolute atomic E-state index is 0.0309. The molecule has 19 heavy (non-hydrogen) atoms. The number of nitro groups is 1. The predicted molar refractivity (Wildman–Crippen MR) is 68.0 cm³/mol. The minimum Gasteiger partial charge on any atom is -0.395 e. The Morgan fingerprint density at radius 3 is 2.32 bits per heavy atom. The summed E-state index contributed by atoms with van der Waals surface area (Å²) in [5.74, 6) is -0.759. The largest absolute Gasteiger partial charge is 0.395 e. The maximum atomic E-state index is 11.0. The van der Waals surface area contributed by atoms with Gasteiger partial charge in [-0.3, -0.25) is 14.9 Å². The highest BCUT2D eigenvalue weighted by Crippen LogP contribution is 2.28. The fourth-order valence-electron chi connectivity index (χ4n) is 1.68. The predicted octanol–water partition coefficient (Wildman–Crippen LogP) is -0.515. The van der Waals surface area contributed by atoms with Gasteiger partial charge < -0.3 is 20.8 Å². The molecule has 0 aliphatic rings. The lowest BCUT2D eigenvalue weighted by Gasteiger charge is -2.22. The van der Waals surface area contributed by atoms with Crippen LogP contribution in [-0.2, 0) is 0 Å². The van der Waals surface area contributed by atoms with Crippen molar-refractivity contribution in [2.75, 3.05) is 31.2 Å². The number of carbonyl (C=O) groups is 1. The summed E-state index contributed by atoms with van der Waals surface area (Å²) in [6, 6.07) is 3.83. The highest BCUT2D eigenvalue weighted by molar-refractivity contribution is 5.94. The fraction of sp³-hybridized carbons (Fsp3) is 0.364. The summed E-state index contributed by atoms with van der Waals surface area (Å²) in [7, 11) is 0. The first-order chi connectivity index (χ1) is 9.01. The Labute approximate surface area is 109 Å². The summed E-state index contributed by atoms with van der Waals surface area (Å²) in [6.07, 6.45) is 0. The summed E-state index contributed by atoms with van der Waals surface area (Å²) in [4.78, 5) is 22.9. The average Bonchev–Trinajstić information content (AvgIpc) is 2.37. The zero-order chi connectivity index (χ0) is 14.4. The third kappa shape index (κ3) is 3.63. The molecule has 0 atom stereocenters. The molecule has 0 bridgehead atoms. The van der Waals surface area contributed by atoms with Crippen molar-refractivity contribution in [2.45, 2.75) is 0 Å². The highest BCUT2D eigenvalue weighted by atomic mass is 16.6. The third-order valence-corrected chi connectivity index (χ3v) is 2.54. The van der Waals surface area contributed by atoms with Crippen molar-refractivity contribution >= 4 is 17.3 Å². The number of nitrogens with zero attached hydrogens (tertiary/aromatic N) is 2. The molecule has 0 heterocycles. The van der Waals surface area contributed by atoms with Crippen molar-refractivity contribution in [3.63, 3.8) is 0 Å². The lowest BCUT2D eigenvalue weighted by Crippen LogP contribution is -2.30. The SMILES string of the molecule is NC(=O)c1ccc(N(CCO)CCO)c([N+](=O)[O-])c1. The summed E-state index contributed by atoms with van der Waals surface area (Å²) in [5.41, 5.74) is 5.03. The van der Waals surface area contributed by atoms with E-state index in [1.807, 2.05) is 0 Å². The van der Waals surface area contributed by atoms with E-state index in [0.29, 0.717) is 0 Å². The Balaban J connectivity index is 3.24. The summed E-state index contributed by atoms with van der Waals surface area (Å²) >= 11 is 0. The van der Waals surface area contributed by atoms with Crippen LogP contribution in [0.4, 0.5) is 11.4 Å². The standard InChI is InChI=1S/C11H15N3O5/c12-11(17)8-1-2-9(10(7-8)14(18)19)13(3-5-15)4-6-16/h1-2,7,15-16H,3-6H2,(H2,12,17). The van der Waals surface area contributed by atoms with Crippen LogP contribution in [0.15, 0.2) is 18.2 Å². The molecule has 0 aliphatic carbocycles. The molecule has 0 aliphatic heterocycles. The van der Waals surface area contributed by atoms with Gasteiger partial charge in [0.15, 0.2) is 0 Å². The number of rotatable bonds is 7. The van der Waals surface area contributed by atoms with Crippen molar-refractivity contribution < 1.29 is 19.9 Å². The molecule has 1 aromatic carbocycles. The first kappa shape index (κ1) is 14.9. The van der Waals surface area contributed by atoms with Gasteiger partial charge in [-0.25, -0.2) is 0 Å². The number of benzene rings is 1. The van der Waals surface area contributed by atoms with Crippen LogP contribution in [0.2, 0.25) is 0 Å². The van der Waals surface area contributed by atoms with Crippen LogP contribution in [0.25, 0.3) is 0 Å². The lowest BCUT2D eigenvalue weighted by molar-refractivity contribution is -0.384. The van der Waals surface area contributed by atoms with Crippen molar-refractivity contribution in [1.29, 1.82) is 0 Å². The Hall–Kier alpha value is -2.19. The molecule has 8 nitrogen and oxygen atoms in total. The molecule has 8 heteroatoms. The normalized spacial score (nSPS) is 10.2. The number of aliphatic hydroxyl groups is 2. The third-order valence-electron chi connectivity index (χ3n) is 2.54. The molecule has 0 unspecified atom stereocenters. The Kier molecular flexibility index (Phi) is 5.22. The first-order valence-electron chi connectivity index (χ1n) is 5.56. The number of hydrogen-bond acceptors (Lipinski definition) is 6. The maximum Gasteiger partial charge on any atom is 0.293 e. The van der Waals surface area contributed by atoms with E-state index in [1.165, 1.54) is 17.0 Å². The second-order valence-corrected chi connectivity index (χ2v) is 3.76. The Morgan fingerprint density at radius 2 is 1.89 bits per heavy atom. The number of anilines is 1. The lowest BCUT2D eigenvalue weighted by atomic mass is 10.1. The van der Waals surface area contributed by atoms with Crippen LogP contribution in [0, 0.1) is 10.1 Å². The van der Waals surface area contributed by atoms with E-state index in [9.17, 15) is 14.9 Å². The number of nitrogens with two attached hydrogens (primary N) is 1. The number of amides is 1. The van der Waals surface area contributed by atoms with E-state index in [4.69, 9.17) is 15.9 Å². The zero-order valence-electron chi connectivity index (χ0n) is 10.2. The molecule has 1 rings (SSSR count). The van der Waals surface area contributed by atoms with Crippen LogP contribution in [0.3, 0.4) is 0 Å². The number of carbonyl (C=O) groups excluding carboxylic acids is 1. The van der Waals surface area contributed by atoms with Gasteiger partial charge in [0.2, 0.25) is 5.91 Å². The van der Waals surface area contributed by atoms with Gasteiger partial charge in [-0.15, -0.1) is 0 Å². The van der Waals surface area contributed by atoms with E-state index in [-0.39, 0.29) is 43.2 Å². The van der Waals surface area contributed by atoms with Crippen LogP contribution in [0.1, 0.15) is 10.4 Å². The smallest absolute Gasteiger partial charge is 0.293 e. The van der Waals surface area contributed by atoms with Crippen molar-refractivity contribution in [3.8, 4) is 0 Å². The quantitative estimate of drug-likeness (QED) is 0.451. The van der Waals surface area contributed by atoms with Gasteiger partial charge in [0.1, 0.15) is 5.69 Å². The molecule has 0 saturated carbocycles. The molecule has 104 valence electrons. The van der Waals surface area contributed by atoms with Gasteiger partial charge in [0.25, 0.3) is 5.69 Å². The van der Waals surface area contributed by atoms with Crippen LogP contribution >= 0.6 is 0 Å². The van der Waals surface area contributed by atoms with E-state index >= 15 is 0 Å². The van der Waals surface area contributed by atoms with Gasteiger partial charge in [-0.2, -0.15) is 0 Å². The second kappa shape index (κ2) is 6.66. The topological polar surface area (TPSA) is 130 Å². The minimum atomic E-state index is -0.759. The summed E-state index contributed by atoms with van der Waals surface area (Å²) in [6.45, 7) is -0.155. The molecule has 1 amide bonds. The van der Waals surface area contributed by atoms with Gasteiger partial charge in [-0.05, 0) is 12.1 Å². The second-order valence-electron chi connectivity index (χ2n) is 3.76. The van der Waals surface area contributed by atoms with Gasteiger partial charge >= 0.3 is 0 Å². The van der Waals surface area contributed by atoms with Gasteiger partial charge in [0, 0.05) is 24.7 Å². The first-order valence-corrected chi connectivity index (χ1v) is 5.56. The number of nitro benzene ring substituents is 1. The number of aliphatic hydroxyl groups excluding tert-OH is 2.